The number of nitrogens with zero attached hydrogens (tertiary/aromatic N) is 7. The van der Waals surface area contributed by atoms with E-state index in [1.807, 2.05) is 16.4 Å². The number of imidazole rings is 1. The van der Waals surface area contributed by atoms with Crippen LogP contribution in [0.2, 0.25) is 0 Å². The third-order valence-electron chi connectivity index (χ3n) is 4.70. The number of pyridine rings is 1. The Morgan fingerprint density at radius 1 is 1.00 bits per heavy atom. The van der Waals surface area contributed by atoms with Crippen LogP contribution in [-0.4, -0.2) is 50.7 Å². The number of fused-ring (bicyclic) bond motifs is 1. The van der Waals surface area contributed by atoms with E-state index >= 15 is 0 Å². The van der Waals surface area contributed by atoms with Crippen LogP contribution in [0.15, 0.2) is 31.0 Å². The van der Waals surface area contributed by atoms with Crippen LogP contribution in [0, 0.1) is 0 Å². The van der Waals surface area contributed by atoms with Crippen LogP contribution in [0.3, 0.4) is 0 Å². The second kappa shape index (κ2) is 6.67. The van der Waals surface area contributed by atoms with E-state index in [0.717, 1.165) is 29.6 Å². The van der Waals surface area contributed by atoms with Gasteiger partial charge in [0, 0.05) is 44.6 Å². The summed E-state index contributed by atoms with van der Waals surface area (Å²) in [5.74, 6) is 0.762. The van der Waals surface area contributed by atoms with Gasteiger partial charge in [0.2, 0.25) is 0 Å². The van der Waals surface area contributed by atoms with Crippen LogP contribution in [0.25, 0.3) is 11.2 Å². The van der Waals surface area contributed by atoms with E-state index in [2.05, 4.69) is 24.8 Å². The molecule has 3 aromatic rings. The average Bonchev–Trinajstić information content (AvgIpc) is 3.11. The lowest BCUT2D eigenvalue weighted by atomic mass is 10.2. The van der Waals surface area contributed by atoms with E-state index in [1.165, 1.54) is 12.5 Å². The minimum absolute atomic E-state index is 0.528. The molecular formula is C17H18F3N7. The van der Waals surface area contributed by atoms with Gasteiger partial charge in [-0.1, -0.05) is 0 Å². The predicted octanol–water partition coefficient (Wildman–Crippen LogP) is 2.59. The molecule has 4 heterocycles. The highest BCUT2D eigenvalue weighted by molar-refractivity contribution is 5.83. The van der Waals surface area contributed by atoms with Gasteiger partial charge in [-0.3, -0.25) is 4.98 Å². The van der Waals surface area contributed by atoms with Gasteiger partial charge in [0.25, 0.3) is 0 Å². The van der Waals surface area contributed by atoms with E-state index in [4.69, 9.17) is 0 Å². The summed E-state index contributed by atoms with van der Waals surface area (Å²) in [4.78, 5) is 20.6. The van der Waals surface area contributed by atoms with E-state index in [1.54, 1.807) is 12.4 Å². The highest BCUT2D eigenvalue weighted by Gasteiger charge is 2.33. The van der Waals surface area contributed by atoms with Crippen molar-refractivity contribution in [2.45, 2.75) is 19.6 Å². The number of hydrogen-bond donors (Lipinski definition) is 0. The van der Waals surface area contributed by atoms with Crippen LogP contribution in [0.4, 0.5) is 24.7 Å². The summed E-state index contributed by atoms with van der Waals surface area (Å²) in [5.41, 5.74) is 1.19. The van der Waals surface area contributed by atoms with Crippen molar-refractivity contribution in [1.82, 2.24) is 24.5 Å². The van der Waals surface area contributed by atoms with Gasteiger partial charge in [0.15, 0.2) is 17.0 Å². The van der Waals surface area contributed by atoms with Gasteiger partial charge >= 0.3 is 6.18 Å². The minimum Gasteiger partial charge on any atom is -0.368 e. The first-order chi connectivity index (χ1) is 13.0. The van der Waals surface area contributed by atoms with E-state index in [9.17, 15) is 13.2 Å². The van der Waals surface area contributed by atoms with Gasteiger partial charge in [0.1, 0.15) is 12.0 Å². The van der Waals surface area contributed by atoms with E-state index in [-0.39, 0.29) is 0 Å². The van der Waals surface area contributed by atoms with Gasteiger partial charge in [-0.25, -0.2) is 15.0 Å². The van der Waals surface area contributed by atoms with Gasteiger partial charge < -0.3 is 14.4 Å². The fourth-order valence-corrected chi connectivity index (χ4v) is 3.28. The summed E-state index contributed by atoms with van der Waals surface area (Å²) in [6.45, 7) is 5.22. The zero-order valence-corrected chi connectivity index (χ0v) is 14.7. The Balaban J connectivity index is 1.52. The third-order valence-corrected chi connectivity index (χ3v) is 4.70. The first-order valence-electron chi connectivity index (χ1n) is 8.66. The molecule has 0 amide bonds. The Labute approximate surface area is 153 Å². The van der Waals surface area contributed by atoms with Gasteiger partial charge in [-0.05, 0) is 19.1 Å². The summed E-state index contributed by atoms with van der Waals surface area (Å²) in [6, 6.07) is 2.71. The quantitative estimate of drug-likeness (QED) is 0.699. The molecule has 10 heteroatoms. The fraction of sp³-hybridized carbons (Fsp3) is 0.412. The number of halogens is 3. The molecule has 0 saturated carbocycles. The smallest absolute Gasteiger partial charge is 0.368 e. The van der Waals surface area contributed by atoms with Gasteiger partial charge in [-0.2, -0.15) is 13.2 Å². The zero-order valence-electron chi connectivity index (χ0n) is 14.7. The van der Waals surface area contributed by atoms with Crippen molar-refractivity contribution in [2.24, 2.45) is 0 Å². The standard InChI is InChI=1S/C17H18F3N7/c1-2-25-11-24-14-15(25)22-10-23-16(14)27-7-5-26(6-8-27)12-3-4-21-13(9-12)17(18,19)20/h3-4,9-11H,2,5-8H2,1H3. The number of anilines is 2. The van der Waals surface area contributed by atoms with E-state index < -0.39 is 11.9 Å². The normalized spacial score (nSPS) is 15.6. The molecule has 7 nitrogen and oxygen atoms in total. The zero-order chi connectivity index (χ0) is 19.0. The molecule has 27 heavy (non-hydrogen) atoms. The second-order valence-electron chi connectivity index (χ2n) is 6.27. The fourth-order valence-electron chi connectivity index (χ4n) is 3.28. The summed E-state index contributed by atoms with van der Waals surface area (Å²) < 4.78 is 40.6. The van der Waals surface area contributed by atoms with Crippen molar-refractivity contribution >= 4 is 22.7 Å². The lowest BCUT2D eigenvalue weighted by molar-refractivity contribution is -0.141. The maximum absolute atomic E-state index is 12.9. The van der Waals surface area contributed by atoms with Crippen molar-refractivity contribution in [3.05, 3.63) is 36.7 Å². The summed E-state index contributed by atoms with van der Waals surface area (Å²) in [5, 5.41) is 0. The molecule has 1 saturated heterocycles. The molecule has 1 fully saturated rings. The monoisotopic (exact) mass is 377 g/mol. The second-order valence-corrected chi connectivity index (χ2v) is 6.27. The third kappa shape index (κ3) is 3.26. The van der Waals surface area contributed by atoms with Gasteiger partial charge in [-0.15, -0.1) is 0 Å². The Morgan fingerprint density at radius 3 is 2.44 bits per heavy atom. The van der Waals surface area contributed by atoms with Crippen molar-refractivity contribution in [3.8, 4) is 0 Å². The largest absolute Gasteiger partial charge is 0.433 e. The number of alkyl halides is 3. The topological polar surface area (TPSA) is 63.0 Å². The predicted molar refractivity (Wildman–Crippen MR) is 94.7 cm³/mol. The molecule has 1 aliphatic rings. The number of rotatable bonds is 3. The van der Waals surface area contributed by atoms with Crippen LogP contribution >= 0.6 is 0 Å². The maximum atomic E-state index is 12.9. The highest BCUT2D eigenvalue weighted by atomic mass is 19.4. The lowest BCUT2D eigenvalue weighted by Crippen LogP contribution is -2.47. The summed E-state index contributed by atoms with van der Waals surface area (Å²) in [6.07, 6.45) is 0.0312. The van der Waals surface area contributed by atoms with Crippen LogP contribution in [-0.2, 0) is 12.7 Å². The van der Waals surface area contributed by atoms with Crippen LogP contribution in [0.5, 0.6) is 0 Å². The van der Waals surface area contributed by atoms with Crippen molar-refractivity contribution in [2.75, 3.05) is 36.0 Å². The van der Waals surface area contributed by atoms with Crippen LogP contribution in [0.1, 0.15) is 12.6 Å². The molecule has 0 aliphatic carbocycles. The Hall–Kier alpha value is -2.91. The number of hydrogen-bond acceptors (Lipinski definition) is 6. The lowest BCUT2D eigenvalue weighted by Gasteiger charge is -2.36. The molecule has 0 unspecified atom stereocenters. The Bertz CT molecular complexity index is 945. The molecular weight excluding hydrogens is 359 g/mol. The first kappa shape index (κ1) is 17.5. The SMILES string of the molecule is CCn1cnc2c(N3CCN(c4ccnc(C(F)(F)F)c4)CC3)ncnc21. The number of aromatic nitrogens is 5. The Kier molecular flexibility index (Phi) is 4.33. The molecule has 0 bridgehead atoms. The molecule has 1 aliphatic heterocycles. The number of piperazine rings is 1. The molecule has 0 atom stereocenters. The molecule has 3 aromatic heterocycles. The van der Waals surface area contributed by atoms with Crippen molar-refractivity contribution in [1.29, 1.82) is 0 Å². The molecule has 0 spiro atoms. The van der Waals surface area contributed by atoms with Crippen LogP contribution < -0.4 is 9.80 Å². The van der Waals surface area contributed by atoms with Crippen molar-refractivity contribution in [3.63, 3.8) is 0 Å². The molecule has 0 N–H and O–H groups in total. The molecule has 0 radical (unpaired) electrons. The summed E-state index contributed by atoms with van der Waals surface area (Å²) in [7, 11) is 0. The van der Waals surface area contributed by atoms with Crippen molar-refractivity contribution < 1.29 is 13.2 Å². The number of aryl methyl sites for hydroxylation is 1. The average molecular weight is 377 g/mol. The molecule has 4 rings (SSSR count). The van der Waals surface area contributed by atoms with Gasteiger partial charge in [0.05, 0.1) is 6.33 Å². The maximum Gasteiger partial charge on any atom is 0.433 e. The highest BCUT2D eigenvalue weighted by Crippen LogP contribution is 2.30. The summed E-state index contributed by atoms with van der Waals surface area (Å²) >= 11 is 0. The molecule has 0 aromatic carbocycles. The minimum atomic E-state index is -4.44. The van der Waals surface area contributed by atoms with E-state index in [0.29, 0.717) is 31.9 Å². The molecule has 142 valence electrons. The Morgan fingerprint density at radius 2 is 1.74 bits per heavy atom. The first-order valence-corrected chi connectivity index (χ1v) is 8.66.